The van der Waals surface area contributed by atoms with Gasteiger partial charge in [-0.2, -0.15) is 0 Å². The first-order valence-electron chi connectivity index (χ1n) is 3.91. The average molecular weight is 125 g/mol. The van der Waals surface area contributed by atoms with Crippen molar-refractivity contribution in [3.63, 3.8) is 0 Å². The molecule has 0 aliphatic heterocycles. The molecule has 0 N–H and O–H groups in total. The van der Waals surface area contributed by atoms with Gasteiger partial charge in [0.15, 0.2) is 0 Å². The van der Waals surface area contributed by atoms with Gasteiger partial charge in [-0.3, -0.25) is 4.99 Å². The van der Waals surface area contributed by atoms with Crippen LogP contribution in [-0.2, 0) is 0 Å². The van der Waals surface area contributed by atoms with Gasteiger partial charge in [0.1, 0.15) is 0 Å². The highest BCUT2D eigenvalue weighted by molar-refractivity contribution is 5.53. The maximum atomic E-state index is 4.36. The molecule has 1 heteroatoms. The Hall–Kier alpha value is -0.330. The van der Waals surface area contributed by atoms with E-state index < -0.39 is 0 Å². The summed E-state index contributed by atoms with van der Waals surface area (Å²) in [5.41, 5.74) is 0. The van der Waals surface area contributed by atoms with Crippen molar-refractivity contribution >= 4 is 6.21 Å². The zero-order chi connectivity index (χ0) is 6.53. The molecular formula is C8H15N. The molecule has 0 aromatic carbocycles. The number of hydrogen-bond acceptors (Lipinski definition) is 1. The van der Waals surface area contributed by atoms with E-state index in [1.165, 1.54) is 32.1 Å². The number of rotatable bonds is 1. The molecule has 0 aromatic rings. The summed E-state index contributed by atoms with van der Waals surface area (Å²) in [5.74, 6) is 0. The average Bonchev–Trinajstić information content (AvgIpc) is 1.91. The fraction of sp³-hybridized carbons (Fsp3) is 0.875. The molecule has 9 heavy (non-hydrogen) atoms. The van der Waals surface area contributed by atoms with Crippen molar-refractivity contribution in [2.24, 2.45) is 4.99 Å². The van der Waals surface area contributed by atoms with Crippen LogP contribution in [0.15, 0.2) is 4.99 Å². The van der Waals surface area contributed by atoms with Crippen LogP contribution in [0.25, 0.3) is 0 Å². The lowest BCUT2D eigenvalue weighted by molar-refractivity contribution is 0.444. The first-order valence-corrected chi connectivity index (χ1v) is 3.91. The molecule has 1 nitrogen and oxygen atoms in total. The number of aliphatic imine (C=N–C) groups is 1. The summed E-state index contributed by atoms with van der Waals surface area (Å²) in [5, 5.41) is 0. The highest BCUT2D eigenvalue weighted by Gasteiger charge is 2.09. The molecule has 1 aliphatic rings. The molecule has 0 saturated heterocycles. The summed E-state index contributed by atoms with van der Waals surface area (Å²) in [7, 11) is 0. The third-order valence-corrected chi connectivity index (χ3v) is 1.93. The molecule has 52 valence electrons. The van der Waals surface area contributed by atoms with Crippen LogP contribution in [0.3, 0.4) is 0 Å². The van der Waals surface area contributed by atoms with Gasteiger partial charge in [-0.1, -0.05) is 19.3 Å². The minimum Gasteiger partial charge on any atom is -0.295 e. The van der Waals surface area contributed by atoms with Gasteiger partial charge in [0.25, 0.3) is 0 Å². The topological polar surface area (TPSA) is 12.4 Å². The van der Waals surface area contributed by atoms with Crippen molar-refractivity contribution in [2.45, 2.75) is 45.1 Å². The Morgan fingerprint density at radius 3 is 2.44 bits per heavy atom. The van der Waals surface area contributed by atoms with E-state index in [4.69, 9.17) is 0 Å². The van der Waals surface area contributed by atoms with Crippen LogP contribution in [0.1, 0.15) is 39.0 Å². The van der Waals surface area contributed by atoms with E-state index >= 15 is 0 Å². The maximum absolute atomic E-state index is 4.36. The molecular weight excluding hydrogens is 110 g/mol. The minimum absolute atomic E-state index is 0.670. The molecule has 0 unspecified atom stereocenters. The van der Waals surface area contributed by atoms with Gasteiger partial charge in [0, 0.05) is 6.04 Å². The van der Waals surface area contributed by atoms with Crippen LogP contribution in [0.4, 0.5) is 0 Å². The predicted octanol–water partition coefficient (Wildman–Crippen LogP) is 2.41. The highest BCUT2D eigenvalue weighted by Crippen LogP contribution is 2.19. The monoisotopic (exact) mass is 125 g/mol. The van der Waals surface area contributed by atoms with Crippen LogP contribution >= 0.6 is 0 Å². The molecule has 1 rings (SSSR count). The van der Waals surface area contributed by atoms with Crippen molar-refractivity contribution in [3.8, 4) is 0 Å². The van der Waals surface area contributed by atoms with Crippen LogP contribution in [0.2, 0.25) is 0 Å². The van der Waals surface area contributed by atoms with Crippen LogP contribution in [0, 0.1) is 0 Å². The molecule has 0 radical (unpaired) electrons. The standard InChI is InChI=1S/C8H15N/c1-2-9-8-6-4-3-5-7-8/h2,8H,3-7H2,1H3/b9-2-. The van der Waals surface area contributed by atoms with E-state index in [2.05, 4.69) is 4.99 Å². The van der Waals surface area contributed by atoms with Gasteiger partial charge in [-0.25, -0.2) is 0 Å². The summed E-state index contributed by atoms with van der Waals surface area (Å²) in [4.78, 5) is 4.36. The molecule has 0 bridgehead atoms. The first-order chi connectivity index (χ1) is 4.43. The fourth-order valence-electron chi connectivity index (χ4n) is 1.44. The summed E-state index contributed by atoms with van der Waals surface area (Å²) in [6, 6.07) is 0.670. The summed E-state index contributed by atoms with van der Waals surface area (Å²) in [6.07, 6.45) is 8.80. The zero-order valence-electron chi connectivity index (χ0n) is 6.14. The molecule has 1 fully saturated rings. The smallest absolute Gasteiger partial charge is 0.0495 e. The molecule has 0 amide bonds. The summed E-state index contributed by atoms with van der Waals surface area (Å²) < 4.78 is 0. The zero-order valence-corrected chi connectivity index (χ0v) is 6.14. The Morgan fingerprint density at radius 2 is 1.89 bits per heavy atom. The quantitative estimate of drug-likeness (QED) is 0.477. The van der Waals surface area contributed by atoms with E-state index in [-0.39, 0.29) is 0 Å². The Balaban J connectivity index is 2.23. The molecule has 0 spiro atoms. The highest BCUT2D eigenvalue weighted by atomic mass is 14.8. The van der Waals surface area contributed by atoms with E-state index in [9.17, 15) is 0 Å². The van der Waals surface area contributed by atoms with Crippen LogP contribution in [0.5, 0.6) is 0 Å². The molecule has 0 atom stereocenters. The second-order valence-electron chi connectivity index (χ2n) is 2.70. The summed E-state index contributed by atoms with van der Waals surface area (Å²) in [6.45, 7) is 2.01. The molecule has 1 aliphatic carbocycles. The maximum Gasteiger partial charge on any atom is 0.0495 e. The Labute approximate surface area is 57.2 Å². The molecule has 0 heterocycles. The normalized spacial score (nSPS) is 23.2. The van der Waals surface area contributed by atoms with Crippen molar-refractivity contribution in [2.75, 3.05) is 0 Å². The van der Waals surface area contributed by atoms with Gasteiger partial charge in [-0.05, 0) is 26.0 Å². The van der Waals surface area contributed by atoms with Gasteiger partial charge < -0.3 is 0 Å². The van der Waals surface area contributed by atoms with Crippen LogP contribution < -0.4 is 0 Å². The number of nitrogens with zero attached hydrogens (tertiary/aromatic N) is 1. The van der Waals surface area contributed by atoms with Crippen molar-refractivity contribution < 1.29 is 0 Å². The number of hydrogen-bond donors (Lipinski definition) is 0. The van der Waals surface area contributed by atoms with Crippen LogP contribution in [-0.4, -0.2) is 12.3 Å². The van der Waals surface area contributed by atoms with Crippen molar-refractivity contribution in [1.29, 1.82) is 0 Å². The third kappa shape index (κ3) is 2.17. The first kappa shape index (κ1) is 6.79. The van der Waals surface area contributed by atoms with E-state index in [1.807, 2.05) is 13.1 Å². The van der Waals surface area contributed by atoms with E-state index in [1.54, 1.807) is 0 Å². The Morgan fingerprint density at radius 1 is 1.22 bits per heavy atom. The molecule has 1 saturated carbocycles. The predicted molar refractivity (Wildman–Crippen MR) is 41.0 cm³/mol. The second-order valence-corrected chi connectivity index (χ2v) is 2.70. The second kappa shape index (κ2) is 3.65. The lowest BCUT2D eigenvalue weighted by Gasteiger charge is -2.16. The van der Waals surface area contributed by atoms with Gasteiger partial charge in [0.2, 0.25) is 0 Å². The largest absolute Gasteiger partial charge is 0.295 e. The van der Waals surface area contributed by atoms with Crippen molar-refractivity contribution in [1.82, 2.24) is 0 Å². The Bertz CT molecular complexity index is 90.7. The van der Waals surface area contributed by atoms with Gasteiger partial charge in [0.05, 0.1) is 0 Å². The SMILES string of the molecule is C/C=N\C1CCCCC1. The lowest BCUT2D eigenvalue weighted by Crippen LogP contribution is -2.08. The third-order valence-electron chi connectivity index (χ3n) is 1.93. The summed E-state index contributed by atoms with van der Waals surface area (Å²) >= 11 is 0. The van der Waals surface area contributed by atoms with Crippen molar-refractivity contribution in [3.05, 3.63) is 0 Å². The molecule has 0 aromatic heterocycles. The Kier molecular flexibility index (Phi) is 2.75. The lowest BCUT2D eigenvalue weighted by atomic mass is 9.96. The van der Waals surface area contributed by atoms with E-state index in [0.29, 0.717) is 6.04 Å². The fourth-order valence-corrected chi connectivity index (χ4v) is 1.44. The van der Waals surface area contributed by atoms with Gasteiger partial charge >= 0.3 is 0 Å². The minimum atomic E-state index is 0.670. The van der Waals surface area contributed by atoms with Gasteiger partial charge in [-0.15, -0.1) is 0 Å². The van der Waals surface area contributed by atoms with E-state index in [0.717, 1.165) is 0 Å².